The molecule has 1 fully saturated rings. The molecule has 0 unspecified atom stereocenters. The third kappa shape index (κ3) is 3.18. The van der Waals surface area contributed by atoms with Crippen LogP contribution in [0.25, 0.3) is 11.0 Å². The number of aromatic nitrogens is 2. The van der Waals surface area contributed by atoms with Crippen molar-refractivity contribution >= 4 is 34.5 Å². The molecule has 0 saturated carbocycles. The molecule has 0 N–H and O–H groups in total. The molecular formula is C22H21N3O4. The van der Waals surface area contributed by atoms with Crippen molar-refractivity contribution in [3.8, 4) is 0 Å². The topological polar surface area (TPSA) is 81.5 Å². The van der Waals surface area contributed by atoms with Crippen LogP contribution >= 0.6 is 0 Å². The highest BCUT2D eigenvalue weighted by Gasteiger charge is 2.41. The van der Waals surface area contributed by atoms with Crippen LogP contribution in [-0.2, 0) is 14.3 Å². The second kappa shape index (κ2) is 7.16. The summed E-state index contributed by atoms with van der Waals surface area (Å²) in [6.45, 7) is 6.03. The Kier molecular flexibility index (Phi) is 4.66. The molecule has 0 spiro atoms. The molecule has 0 aliphatic carbocycles. The number of benzene rings is 2. The first kappa shape index (κ1) is 18.9. The largest absolute Gasteiger partial charge is 0.462 e. The van der Waals surface area contributed by atoms with Crippen molar-refractivity contribution in [3.05, 3.63) is 59.4 Å². The van der Waals surface area contributed by atoms with E-state index >= 15 is 0 Å². The first-order valence-electron chi connectivity index (χ1n) is 9.48. The van der Waals surface area contributed by atoms with E-state index < -0.39 is 12.0 Å². The van der Waals surface area contributed by atoms with Crippen LogP contribution in [-0.4, -0.2) is 33.9 Å². The number of imide groups is 1. The van der Waals surface area contributed by atoms with Crippen LogP contribution in [0, 0.1) is 13.8 Å². The maximum atomic E-state index is 13.1. The number of amides is 2. The fraction of sp³-hybridized carbons (Fsp3) is 0.273. The number of carbonyl (C=O) groups excluding carboxylic acids is 3. The Balaban J connectivity index is 1.64. The summed E-state index contributed by atoms with van der Waals surface area (Å²) >= 11 is 0. The monoisotopic (exact) mass is 391 g/mol. The van der Waals surface area contributed by atoms with Gasteiger partial charge in [-0.1, -0.05) is 0 Å². The van der Waals surface area contributed by atoms with Crippen molar-refractivity contribution in [2.45, 2.75) is 33.2 Å². The molecule has 1 atom stereocenters. The first-order valence-corrected chi connectivity index (χ1v) is 9.48. The predicted octanol–water partition coefficient (Wildman–Crippen LogP) is 3.33. The molecule has 2 amide bonds. The van der Waals surface area contributed by atoms with E-state index in [1.54, 1.807) is 42.1 Å². The van der Waals surface area contributed by atoms with Crippen molar-refractivity contribution < 1.29 is 19.1 Å². The number of fused-ring (bicyclic) bond motifs is 1. The van der Waals surface area contributed by atoms with Gasteiger partial charge in [-0.3, -0.25) is 9.59 Å². The van der Waals surface area contributed by atoms with E-state index in [2.05, 4.69) is 4.98 Å². The first-order chi connectivity index (χ1) is 13.9. The van der Waals surface area contributed by atoms with Gasteiger partial charge in [-0.05, 0) is 68.3 Å². The number of esters is 1. The number of ether oxygens (including phenoxy) is 1. The molecule has 29 heavy (non-hydrogen) atoms. The standard InChI is InChI=1S/C22H21N3O4/c1-4-29-22(28)15-5-7-16(8-6-15)25-20(26)11-19(21(25)27)24-12-23-17-9-13(2)14(3)10-18(17)24/h5-10,12,19H,4,11H2,1-3H3/t19-/m0/s1. The Hall–Kier alpha value is -3.48. The molecule has 4 rings (SSSR count). The van der Waals surface area contributed by atoms with Gasteiger partial charge in [0, 0.05) is 0 Å². The zero-order chi connectivity index (χ0) is 20.7. The molecule has 1 saturated heterocycles. The van der Waals surface area contributed by atoms with Gasteiger partial charge in [0.25, 0.3) is 5.91 Å². The minimum atomic E-state index is -0.640. The molecule has 148 valence electrons. The zero-order valence-corrected chi connectivity index (χ0v) is 16.5. The summed E-state index contributed by atoms with van der Waals surface area (Å²) < 4.78 is 6.74. The molecule has 0 radical (unpaired) electrons. The minimum Gasteiger partial charge on any atom is -0.462 e. The van der Waals surface area contributed by atoms with Crippen LogP contribution in [0.4, 0.5) is 5.69 Å². The van der Waals surface area contributed by atoms with Gasteiger partial charge in [-0.25, -0.2) is 14.7 Å². The molecule has 2 aromatic carbocycles. The zero-order valence-electron chi connectivity index (χ0n) is 16.5. The van der Waals surface area contributed by atoms with Crippen LogP contribution in [0.3, 0.4) is 0 Å². The van der Waals surface area contributed by atoms with Crippen LogP contribution in [0.2, 0.25) is 0 Å². The summed E-state index contributed by atoms with van der Waals surface area (Å²) in [5.41, 5.74) is 4.66. The third-order valence-corrected chi connectivity index (χ3v) is 5.29. The van der Waals surface area contributed by atoms with E-state index in [-0.39, 0.29) is 24.8 Å². The highest BCUT2D eigenvalue weighted by Crippen LogP contribution is 2.32. The second-order valence-electron chi connectivity index (χ2n) is 7.13. The molecule has 7 heteroatoms. The lowest BCUT2D eigenvalue weighted by atomic mass is 10.1. The van der Waals surface area contributed by atoms with E-state index in [1.807, 2.05) is 26.0 Å². The number of anilines is 1. The smallest absolute Gasteiger partial charge is 0.338 e. The van der Waals surface area contributed by atoms with Gasteiger partial charge in [0.2, 0.25) is 5.91 Å². The van der Waals surface area contributed by atoms with Crippen molar-refractivity contribution in [2.75, 3.05) is 11.5 Å². The second-order valence-corrected chi connectivity index (χ2v) is 7.13. The van der Waals surface area contributed by atoms with E-state index in [0.717, 1.165) is 22.2 Å². The van der Waals surface area contributed by atoms with Gasteiger partial charge in [-0.2, -0.15) is 0 Å². The fourth-order valence-corrected chi connectivity index (χ4v) is 3.60. The molecule has 3 aromatic rings. The summed E-state index contributed by atoms with van der Waals surface area (Å²) in [5.74, 6) is -1.03. The summed E-state index contributed by atoms with van der Waals surface area (Å²) in [6, 6.07) is 9.62. The number of hydrogen-bond donors (Lipinski definition) is 0. The minimum absolute atomic E-state index is 0.0663. The van der Waals surface area contributed by atoms with Crippen molar-refractivity contribution in [1.82, 2.24) is 9.55 Å². The highest BCUT2D eigenvalue weighted by molar-refractivity contribution is 6.22. The lowest BCUT2D eigenvalue weighted by Crippen LogP contribution is -2.31. The van der Waals surface area contributed by atoms with Crippen LogP contribution < -0.4 is 4.90 Å². The number of aryl methyl sites for hydroxylation is 2. The average molecular weight is 391 g/mol. The van der Waals surface area contributed by atoms with Crippen LogP contribution in [0.15, 0.2) is 42.7 Å². The molecule has 1 aliphatic heterocycles. The molecule has 0 bridgehead atoms. The Morgan fingerprint density at radius 2 is 1.83 bits per heavy atom. The number of rotatable bonds is 4. The molecule has 1 aromatic heterocycles. The fourth-order valence-electron chi connectivity index (χ4n) is 3.60. The normalized spacial score (nSPS) is 16.7. The maximum absolute atomic E-state index is 13.1. The lowest BCUT2D eigenvalue weighted by molar-refractivity contribution is -0.122. The summed E-state index contributed by atoms with van der Waals surface area (Å²) in [6.07, 6.45) is 1.68. The molecular weight excluding hydrogens is 370 g/mol. The quantitative estimate of drug-likeness (QED) is 0.503. The Labute approximate surface area is 167 Å². The Morgan fingerprint density at radius 3 is 2.52 bits per heavy atom. The maximum Gasteiger partial charge on any atom is 0.338 e. The summed E-state index contributed by atoms with van der Waals surface area (Å²) in [4.78, 5) is 43.1. The van der Waals surface area contributed by atoms with Gasteiger partial charge in [-0.15, -0.1) is 0 Å². The van der Waals surface area contributed by atoms with Crippen LogP contribution in [0.5, 0.6) is 0 Å². The van der Waals surface area contributed by atoms with Gasteiger partial charge in [0.05, 0.1) is 41.6 Å². The predicted molar refractivity (Wildman–Crippen MR) is 108 cm³/mol. The number of nitrogens with zero attached hydrogens (tertiary/aromatic N) is 3. The SMILES string of the molecule is CCOC(=O)c1ccc(N2C(=O)C[C@H](n3cnc4cc(C)c(C)cc43)C2=O)cc1. The van der Waals surface area contributed by atoms with Crippen molar-refractivity contribution in [3.63, 3.8) is 0 Å². The molecule has 7 nitrogen and oxygen atoms in total. The lowest BCUT2D eigenvalue weighted by Gasteiger charge is -2.16. The van der Waals surface area contributed by atoms with Gasteiger partial charge >= 0.3 is 5.97 Å². The van der Waals surface area contributed by atoms with E-state index in [4.69, 9.17) is 4.74 Å². The van der Waals surface area contributed by atoms with Gasteiger partial charge in [0.1, 0.15) is 6.04 Å². The number of imidazole rings is 1. The Bertz CT molecular complexity index is 1130. The van der Waals surface area contributed by atoms with Crippen LogP contribution in [0.1, 0.15) is 40.9 Å². The van der Waals surface area contributed by atoms with Gasteiger partial charge in [0.15, 0.2) is 0 Å². The molecule has 2 heterocycles. The van der Waals surface area contributed by atoms with E-state index in [0.29, 0.717) is 11.3 Å². The number of hydrogen-bond acceptors (Lipinski definition) is 5. The number of carbonyl (C=O) groups is 3. The van der Waals surface area contributed by atoms with E-state index in [9.17, 15) is 14.4 Å². The summed E-state index contributed by atoms with van der Waals surface area (Å²) in [7, 11) is 0. The van der Waals surface area contributed by atoms with Gasteiger partial charge < -0.3 is 9.30 Å². The average Bonchev–Trinajstić information content (AvgIpc) is 3.22. The summed E-state index contributed by atoms with van der Waals surface area (Å²) in [5, 5.41) is 0. The van der Waals surface area contributed by atoms with E-state index in [1.165, 1.54) is 4.90 Å². The highest BCUT2D eigenvalue weighted by atomic mass is 16.5. The molecule has 1 aliphatic rings. The van der Waals surface area contributed by atoms with Crippen molar-refractivity contribution in [2.24, 2.45) is 0 Å². The van der Waals surface area contributed by atoms with Crippen molar-refractivity contribution in [1.29, 1.82) is 0 Å². The third-order valence-electron chi connectivity index (χ3n) is 5.29. The Morgan fingerprint density at radius 1 is 1.14 bits per heavy atom.